The molecule has 1 amide bonds. The Bertz CT molecular complexity index is 516. The molecule has 19 heavy (non-hydrogen) atoms. The van der Waals surface area contributed by atoms with Gasteiger partial charge in [0.1, 0.15) is 6.04 Å². The van der Waals surface area contributed by atoms with Crippen LogP contribution in [-0.4, -0.2) is 36.6 Å². The number of carboxylic acid groups (broad SMARTS) is 1. The number of nitrogens with one attached hydrogen (secondary N) is 1. The lowest BCUT2D eigenvalue weighted by Gasteiger charge is -2.28. The molecule has 1 heterocycles. The molecular formula is C13H17N3O3. The molecule has 102 valence electrons. The molecule has 0 bridgehead atoms. The van der Waals surface area contributed by atoms with E-state index in [2.05, 4.69) is 5.32 Å². The maximum absolute atomic E-state index is 11.8. The summed E-state index contributed by atoms with van der Waals surface area (Å²) in [4.78, 5) is 24.9. The smallest absolute Gasteiger partial charge is 0.337 e. The number of likely N-dealkylation sites (N-methyl/N-ethyl adjacent to an activating group) is 1. The van der Waals surface area contributed by atoms with Gasteiger partial charge in [-0.2, -0.15) is 0 Å². The van der Waals surface area contributed by atoms with Crippen LogP contribution >= 0.6 is 0 Å². The van der Waals surface area contributed by atoms with Crippen LogP contribution in [0.25, 0.3) is 0 Å². The number of carbonyl (C=O) groups excluding carboxylic acids is 1. The van der Waals surface area contributed by atoms with Crippen molar-refractivity contribution in [3.05, 3.63) is 23.8 Å². The summed E-state index contributed by atoms with van der Waals surface area (Å²) in [5.74, 6) is -1.15. The van der Waals surface area contributed by atoms with E-state index >= 15 is 0 Å². The predicted octanol–water partition coefficient (Wildman–Crippen LogP) is 0.682. The molecular weight excluding hydrogens is 246 g/mol. The number of carbonyl (C=O) groups is 2. The van der Waals surface area contributed by atoms with Gasteiger partial charge in [0, 0.05) is 13.6 Å². The third-order valence-electron chi connectivity index (χ3n) is 3.39. The molecule has 0 spiro atoms. The molecule has 1 unspecified atom stereocenters. The molecule has 1 aromatic rings. The van der Waals surface area contributed by atoms with Crippen molar-refractivity contribution >= 4 is 23.3 Å². The maximum Gasteiger partial charge on any atom is 0.337 e. The fourth-order valence-electron chi connectivity index (χ4n) is 2.53. The van der Waals surface area contributed by atoms with Gasteiger partial charge in [-0.15, -0.1) is 0 Å². The van der Waals surface area contributed by atoms with E-state index in [1.807, 2.05) is 0 Å². The zero-order chi connectivity index (χ0) is 14.0. The van der Waals surface area contributed by atoms with Crippen LogP contribution in [0.3, 0.4) is 0 Å². The van der Waals surface area contributed by atoms with Crippen molar-refractivity contribution in [2.45, 2.75) is 18.9 Å². The van der Waals surface area contributed by atoms with E-state index in [1.54, 1.807) is 24.1 Å². The van der Waals surface area contributed by atoms with Crippen LogP contribution in [0, 0.1) is 0 Å². The van der Waals surface area contributed by atoms with Gasteiger partial charge in [0.05, 0.1) is 16.9 Å². The molecule has 1 aliphatic heterocycles. The van der Waals surface area contributed by atoms with E-state index in [-0.39, 0.29) is 17.5 Å². The first-order chi connectivity index (χ1) is 9.06. The minimum atomic E-state index is -1.04. The Kier molecular flexibility index (Phi) is 3.59. The summed E-state index contributed by atoms with van der Waals surface area (Å²) in [6.07, 6.45) is 1.54. The molecule has 6 heteroatoms. The largest absolute Gasteiger partial charge is 0.478 e. The Morgan fingerprint density at radius 1 is 1.47 bits per heavy atom. The highest BCUT2D eigenvalue weighted by atomic mass is 16.4. The average Bonchev–Trinajstić information content (AvgIpc) is 2.86. The second kappa shape index (κ2) is 5.17. The Morgan fingerprint density at radius 3 is 2.84 bits per heavy atom. The summed E-state index contributed by atoms with van der Waals surface area (Å²) in [5, 5.41) is 11.9. The minimum Gasteiger partial charge on any atom is -0.478 e. The normalized spacial score (nSPS) is 18.4. The van der Waals surface area contributed by atoms with Crippen molar-refractivity contribution in [3.8, 4) is 0 Å². The van der Waals surface area contributed by atoms with Crippen LogP contribution in [0.15, 0.2) is 18.2 Å². The van der Waals surface area contributed by atoms with Crippen molar-refractivity contribution in [3.63, 3.8) is 0 Å². The van der Waals surface area contributed by atoms with E-state index in [4.69, 9.17) is 5.73 Å². The lowest BCUT2D eigenvalue weighted by atomic mass is 10.1. The topological polar surface area (TPSA) is 95.7 Å². The second-order valence-electron chi connectivity index (χ2n) is 4.51. The molecule has 0 radical (unpaired) electrons. The molecule has 0 aromatic heterocycles. The molecule has 0 aliphatic carbocycles. The number of nitrogens with two attached hydrogens (primary N) is 1. The Balaban J connectivity index is 2.46. The quantitative estimate of drug-likeness (QED) is 0.697. The van der Waals surface area contributed by atoms with Crippen LogP contribution in [0.1, 0.15) is 23.2 Å². The zero-order valence-electron chi connectivity index (χ0n) is 10.7. The van der Waals surface area contributed by atoms with Gasteiger partial charge in [-0.05, 0) is 25.0 Å². The number of carboxylic acids is 1. The lowest BCUT2D eigenvalue weighted by Crippen LogP contribution is -2.42. The first-order valence-electron chi connectivity index (χ1n) is 6.16. The first kappa shape index (κ1) is 13.2. The number of hydrogen-bond donors (Lipinski definition) is 3. The number of anilines is 2. The number of nitrogens with zero attached hydrogens (tertiary/aromatic N) is 1. The van der Waals surface area contributed by atoms with Crippen molar-refractivity contribution in [1.82, 2.24) is 5.32 Å². The minimum absolute atomic E-state index is 0.114. The summed E-state index contributed by atoms with van der Waals surface area (Å²) >= 11 is 0. The van der Waals surface area contributed by atoms with Crippen molar-refractivity contribution < 1.29 is 14.7 Å². The number of hydrogen-bond acceptors (Lipinski definition) is 4. The Morgan fingerprint density at radius 2 is 2.21 bits per heavy atom. The van der Waals surface area contributed by atoms with Gasteiger partial charge in [-0.1, -0.05) is 6.07 Å². The monoisotopic (exact) mass is 263 g/mol. The SMILES string of the molecule is CNC(=O)C1CCCN1c1c(N)cccc1C(=O)O. The molecule has 1 saturated heterocycles. The summed E-state index contributed by atoms with van der Waals surface area (Å²) in [5.41, 5.74) is 6.87. The Labute approximate surface area is 111 Å². The summed E-state index contributed by atoms with van der Waals surface area (Å²) < 4.78 is 0. The molecule has 2 rings (SSSR count). The number of amides is 1. The van der Waals surface area contributed by atoms with Gasteiger partial charge in [-0.25, -0.2) is 4.79 Å². The summed E-state index contributed by atoms with van der Waals surface area (Å²) in [7, 11) is 1.57. The number of para-hydroxylation sites is 1. The van der Waals surface area contributed by atoms with E-state index in [0.717, 1.165) is 6.42 Å². The third kappa shape index (κ3) is 2.33. The maximum atomic E-state index is 11.8. The van der Waals surface area contributed by atoms with E-state index in [9.17, 15) is 14.7 Å². The average molecular weight is 263 g/mol. The molecule has 1 fully saturated rings. The van der Waals surface area contributed by atoms with Gasteiger partial charge in [0.15, 0.2) is 0 Å². The van der Waals surface area contributed by atoms with Crippen LogP contribution in [-0.2, 0) is 4.79 Å². The van der Waals surface area contributed by atoms with Crippen LogP contribution in [0.5, 0.6) is 0 Å². The number of benzene rings is 1. The number of rotatable bonds is 3. The van der Waals surface area contributed by atoms with Gasteiger partial charge in [0.25, 0.3) is 0 Å². The van der Waals surface area contributed by atoms with Crippen molar-refractivity contribution in [1.29, 1.82) is 0 Å². The van der Waals surface area contributed by atoms with Crippen molar-refractivity contribution in [2.75, 3.05) is 24.2 Å². The van der Waals surface area contributed by atoms with Crippen molar-refractivity contribution in [2.24, 2.45) is 0 Å². The van der Waals surface area contributed by atoms with Gasteiger partial charge < -0.3 is 21.1 Å². The second-order valence-corrected chi connectivity index (χ2v) is 4.51. The highest BCUT2D eigenvalue weighted by Gasteiger charge is 2.33. The van der Waals surface area contributed by atoms with Gasteiger partial charge in [0.2, 0.25) is 5.91 Å². The first-order valence-corrected chi connectivity index (χ1v) is 6.16. The predicted molar refractivity (Wildman–Crippen MR) is 72.2 cm³/mol. The van der Waals surface area contributed by atoms with E-state index < -0.39 is 5.97 Å². The molecule has 1 aromatic carbocycles. The molecule has 6 nitrogen and oxygen atoms in total. The van der Waals surface area contributed by atoms with E-state index in [0.29, 0.717) is 24.3 Å². The van der Waals surface area contributed by atoms with Crippen LogP contribution < -0.4 is 16.0 Å². The molecule has 4 N–H and O–H groups in total. The van der Waals surface area contributed by atoms with Gasteiger partial charge in [-0.3, -0.25) is 4.79 Å². The third-order valence-corrected chi connectivity index (χ3v) is 3.39. The highest BCUT2D eigenvalue weighted by molar-refractivity contribution is 5.99. The lowest BCUT2D eigenvalue weighted by molar-refractivity contribution is -0.121. The molecule has 0 saturated carbocycles. The highest BCUT2D eigenvalue weighted by Crippen LogP contribution is 2.33. The zero-order valence-corrected chi connectivity index (χ0v) is 10.7. The van der Waals surface area contributed by atoms with Crippen LogP contribution in [0.2, 0.25) is 0 Å². The van der Waals surface area contributed by atoms with Crippen LogP contribution in [0.4, 0.5) is 11.4 Å². The summed E-state index contributed by atoms with van der Waals surface area (Å²) in [6, 6.07) is 4.41. The van der Waals surface area contributed by atoms with Gasteiger partial charge >= 0.3 is 5.97 Å². The van der Waals surface area contributed by atoms with E-state index in [1.165, 1.54) is 6.07 Å². The fourth-order valence-corrected chi connectivity index (χ4v) is 2.53. The Hall–Kier alpha value is -2.24. The fraction of sp³-hybridized carbons (Fsp3) is 0.385. The number of aromatic carboxylic acids is 1. The molecule has 1 aliphatic rings. The summed E-state index contributed by atoms with van der Waals surface area (Å²) in [6.45, 7) is 0.632. The standard InChI is InChI=1S/C13H17N3O3/c1-15-12(17)10-6-3-7-16(10)11-8(13(18)19)4-2-5-9(11)14/h2,4-5,10H,3,6-7,14H2,1H3,(H,15,17)(H,18,19). The molecule has 1 atom stereocenters. The number of nitrogen functional groups attached to an aromatic ring is 1.